The number of carbonyl (C=O) groups excluding carboxylic acids is 1. The molecule has 1 aliphatic rings. The maximum atomic E-state index is 13.8. The first-order valence-corrected chi connectivity index (χ1v) is 16.3. The average Bonchev–Trinajstić information content (AvgIpc) is 3.52. The van der Waals surface area contributed by atoms with E-state index in [1.165, 1.54) is 4.88 Å². The lowest BCUT2D eigenvalue weighted by Gasteiger charge is -2.33. The number of hydrogen-bond donors (Lipinski definition) is 1. The summed E-state index contributed by atoms with van der Waals surface area (Å²) in [5.41, 5.74) is 5.85. The van der Waals surface area contributed by atoms with Crippen LogP contribution < -0.4 is 5.32 Å². The third-order valence-electron chi connectivity index (χ3n) is 8.28. The Labute approximate surface area is 271 Å². The van der Waals surface area contributed by atoms with E-state index in [4.69, 9.17) is 39.8 Å². The Morgan fingerprint density at radius 3 is 2.56 bits per heavy atom. The fourth-order valence-corrected chi connectivity index (χ4v) is 7.55. The summed E-state index contributed by atoms with van der Waals surface area (Å²) in [6.45, 7) is 7.55. The van der Waals surface area contributed by atoms with Gasteiger partial charge in [0.05, 0.1) is 15.6 Å². The van der Waals surface area contributed by atoms with Gasteiger partial charge in [-0.3, -0.25) is 4.79 Å². The maximum Gasteiger partial charge on any atom is 0.259 e. The lowest BCUT2D eigenvalue weighted by molar-refractivity contribution is 0.102. The highest BCUT2D eigenvalue weighted by Gasteiger charge is 2.33. The summed E-state index contributed by atoms with van der Waals surface area (Å²) in [4.78, 5) is 20.0. The first kappa shape index (κ1) is 30.0. The second-order valence-corrected chi connectivity index (χ2v) is 14.5. The van der Waals surface area contributed by atoms with Gasteiger partial charge in [0.25, 0.3) is 5.91 Å². The van der Waals surface area contributed by atoms with Gasteiger partial charge in [-0.25, -0.2) is 4.99 Å². The Kier molecular flexibility index (Phi) is 8.45. The van der Waals surface area contributed by atoms with Crippen molar-refractivity contribution in [3.05, 3.63) is 115 Å². The zero-order chi connectivity index (χ0) is 30.3. The molecule has 1 amide bonds. The van der Waals surface area contributed by atoms with Crippen LogP contribution >= 0.6 is 46.1 Å². The number of carbonyl (C=O) groups is 1. The highest BCUT2D eigenvalue weighted by Crippen LogP contribution is 2.45. The van der Waals surface area contributed by atoms with Gasteiger partial charge in [0.2, 0.25) is 0 Å². The number of thiophene rings is 1. The summed E-state index contributed by atoms with van der Waals surface area (Å²) in [5, 5.41) is 6.62. The summed E-state index contributed by atoms with van der Waals surface area (Å²) in [7, 11) is 0. The third kappa shape index (κ3) is 6.41. The van der Waals surface area contributed by atoms with Crippen molar-refractivity contribution in [2.45, 2.75) is 46.6 Å². The fourth-order valence-electron chi connectivity index (χ4n) is 5.83. The fraction of sp³-hybridized carbons (Fsp3) is 0.257. The van der Waals surface area contributed by atoms with Crippen molar-refractivity contribution in [2.24, 2.45) is 16.3 Å². The number of fused-ring (bicyclic) bond motifs is 2. The van der Waals surface area contributed by atoms with Crippen LogP contribution in [0.3, 0.4) is 0 Å². The number of aromatic nitrogens is 1. The smallest absolute Gasteiger partial charge is 0.259 e. The standard InChI is InChI=1S/C35H32Cl3N3OS/c1-35(2,3)23-9-14-27-31(17-23)43-34(32(27)33(42)40-25-12-10-24(36)11-13-25)39-18-22-20-41(30-7-5-4-6-26(22)30)19-21-8-15-28(37)29(38)16-21/h4-8,10-13,15-16,18,20,23H,9,14,17,19H2,1-3H3,(H,40,42)/t23-/m1/s1. The first-order chi connectivity index (χ1) is 20.6. The molecule has 1 aliphatic carbocycles. The van der Waals surface area contributed by atoms with E-state index in [9.17, 15) is 4.79 Å². The molecule has 1 atom stereocenters. The van der Waals surface area contributed by atoms with E-state index in [-0.39, 0.29) is 11.3 Å². The molecule has 0 saturated heterocycles. The lowest BCUT2D eigenvalue weighted by Crippen LogP contribution is -2.27. The summed E-state index contributed by atoms with van der Waals surface area (Å²) in [5.74, 6) is 0.422. The Balaban J connectivity index is 1.37. The van der Waals surface area contributed by atoms with E-state index in [0.29, 0.717) is 38.8 Å². The molecule has 1 N–H and O–H groups in total. The van der Waals surface area contributed by atoms with Crippen molar-refractivity contribution in [1.82, 2.24) is 4.57 Å². The van der Waals surface area contributed by atoms with E-state index >= 15 is 0 Å². The number of rotatable bonds is 6. The van der Waals surface area contributed by atoms with Crippen LogP contribution in [0.15, 0.2) is 77.9 Å². The maximum absolute atomic E-state index is 13.8. The lowest BCUT2D eigenvalue weighted by atomic mass is 9.72. The van der Waals surface area contributed by atoms with Crippen molar-refractivity contribution in [3.8, 4) is 0 Å². The molecule has 6 rings (SSSR count). The van der Waals surface area contributed by atoms with E-state index in [0.717, 1.165) is 51.9 Å². The largest absolute Gasteiger partial charge is 0.342 e. The minimum absolute atomic E-state index is 0.136. The second kappa shape index (κ2) is 12.1. The van der Waals surface area contributed by atoms with Crippen LogP contribution in [0.5, 0.6) is 0 Å². The Hall–Kier alpha value is -3.09. The molecule has 0 radical (unpaired) electrons. The number of benzene rings is 3. The zero-order valence-corrected chi connectivity index (χ0v) is 27.3. The second-order valence-electron chi connectivity index (χ2n) is 12.2. The van der Waals surface area contributed by atoms with Gasteiger partial charge in [0.1, 0.15) is 5.00 Å². The number of nitrogens with zero attached hydrogens (tertiary/aromatic N) is 2. The SMILES string of the molecule is CC(C)(C)[C@@H]1CCc2c(sc(N=Cc3cn(Cc4ccc(Cl)c(Cl)c4)c4ccccc34)c2C(=O)Nc2ccc(Cl)cc2)C1. The minimum atomic E-state index is -0.136. The van der Waals surface area contributed by atoms with Crippen molar-refractivity contribution in [2.75, 3.05) is 5.32 Å². The van der Waals surface area contributed by atoms with Gasteiger partial charge in [-0.2, -0.15) is 0 Å². The molecule has 5 aromatic rings. The minimum Gasteiger partial charge on any atom is -0.342 e. The van der Waals surface area contributed by atoms with Crippen LogP contribution in [0.1, 0.15) is 59.1 Å². The molecule has 8 heteroatoms. The quantitative estimate of drug-likeness (QED) is 0.183. The monoisotopic (exact) mass is 647 g/mol. The highest BCUT2D eigenvalue weighted by molar-refractivity contribution is 7.16. The van der Waals surface area contributed by atoms with Crippen LogP contribution in [0.25, 0.3) is 10.9 Å². The van der Waals surface area contributed by atoms with E-state index in [2.05, 4.69) is 49.0 Å². The Morgan fingerprint density at radius 1 is 1.05 bits per heavy atom. The molecule has 0 unspecified atom stereocenters. The van der Waals surface area contributed by atoms with Gasteiger partial charge in [-0.15, -0.1) is 11.3 Å². The molecule has 0 spiro atoms. The molecule has 0 saturated carbocycles. The van der Waals surface area contributed by atoms with Gasteiger partial charge >= 0.3 is 0 Å². The van der Waals surface area contributed by atoms with Gasteiger partial charge < -0.3 is 9.88 Å². The highest BCUT2D eigenvalue weighted by atomic mass is 35.5. The number of aliphatic imine (C=N–C) groups is 1. The van der Waals surface area contributed by atoms with Gasteiger partial charge in [-0.1, -0.05) is 79.8 Å². The summed E-state index contributed by atoms with van der Waals surface area (Å²) in [6, 6.07) is 21.2. The first-order valence-electron chi connectivity index (χ1n) is 14.3. The molecular weight excluding hydrogens is 617 g/mol. The molecule has 0 bridgehead atoms. The number of amides is 1. The van der Waals surface area contributed by atoms with Gasteiger partial charge in [0.15, 0.2) is 0 Å². The number of nitrogens with one attached hydrogen (secondary N) is 1. The van der Waals surface area contributed by atoms with Crippen molar-refractivity contribution < 1.29 is 4.79 Å². The third-order valence-corrected chi connectivity index (χ3v) is 10.4. The number of para-hydroxylation sites is 1. The van der Waals surface area contributed by atoms with E-state index in [1.54, 1.807) is 23.5 Å². The summed E-state index contributed by atoms with van der Waals surface area (Å²) >= 11 is 20.2. The van der Waals surface area contributed by atoms with Gasteiger partial charge in [0, 0.05) is 51.0 Å². The number of halogens is 3. The summed E-state index contributed by atoms with van der Waals surface area (Å²) in [6.07, 6.45) is 6.89. The van der Waals surface area contributed by atoms with Crippen LogP contribution in [-0.4, -0.2) is 16.7 Å². The predicted octanol–water partition coefficient (Wildman–Crippen LogP) is 10.9. The van der Waals surface area contributed by atoms with Crippen LogP contribution in [0.4, 0.5) is 10.7 Å². The molecule has 0 aliphatic heterocycles. The molecule has 3 aromatic carbocycles. The molecule has 43 heavy (non-hydrogen) atoms. The molecule has 2 heterocycles. The van der Waals surface area contributed by atoms with Crippen molar-refractivity contribution in [1.29, 1.82) is 0 Å². The van der Waals surface area contributed by atoms with Crippen LogP contribution in [0.2, 0.25) is 15.1 Å². The average molecular weight is 649 g/mol. The molecule has 220 valence electrons. The Bertz CT molecular complexity index is 1850. The van der Waals surface area contributed by atoms with E-state index < -0.39 is 0 Å². The summed E-state index contributed by atoms with van der Waals surface area (Å²) < 4.78 is 2.19. The van der Waals surface area contributed by atoms with Crippen LogP contribution in [-0.2, 0) is 19.4 Å². The molecule has 2 aromatic heterocycles. The number of hydrogen-bond acceptors (Lipinski definition) is 3. The van der Waals surface area contributed by atoms with Gasteiger partial charge in [-0.05, 0) is 84.2 Å². The molecule has 0 fully saturated rings. The molecule has 4 nitrogen and oxygen atoms in total. The topological polar surface area (TPSA) is 46.4 Å². The molecular formula is C35H32Cl3N3OS. The predicted molar refractivity (Wildman–Crippen MR) is 183 cm³/mol. The Morgan fingerprint density at radius 2 is 1.81 bits per heavy atom. The van der Waals surface area contributed by atoms with E-state index in [1.807, 2.05) is 48.7 Å². The zero-order valence-electron chi connectivity index (χ0n) is 24.3. The number of anilines is 1. The van der Waals surface area contributed by atoms with Crippen molar-refractivity contribution >= 4 is 79.9 Å². The van der Waals surface area contributed by atoms with Crippen LogP contribution in [0, 0.1) is 11.3 Å². The van der Waals surface area contributed by atoms with Crippen molar-refractivity contribution in [3.63, 3.8) is 0 Å². The normalized spacial score (nSPS) is 15.3.